The Bertz CT molecular complexity index is 1320. The van der Waals surface area contributed by atoms with E-state index in [-0.39, 0.29) is 38.4 Å². The number of carbonyl (C=O) groups is 7. The Morgan fingerprint density at radius 3 is 2.06 bits per heavy atom. The molecule has 18 heteroatoms. The van der Waals surface area contributed by atoms with Crippen LogP contribution in [0.1, 0.15) is 58.6 Å². The quantitative estimate of drug-likeness (QED) is 0.0872. The van der Waals surface area contributed by atoms with Gasteiger partial charge in [-0.1, -0.05) is 20.3 Å². The molecule has 2 saturated heterocycles. The Balaban J connectivity index is 1.69. The van der Waals surface area contributed by atoms with Gasteiger partial charge in [-0.2, -0.15) is 0 Å². The lowest BCUT2D eigenvalue weighted by molar-refractivity contribution is -0.146. The van der Waals surface area contributed by atoms with Crippen molar-refractivity contribution in [1.29, 1.82) is 0 Å². The molecule has 0 saturated carbocycles. The third kappa shape index (κ3) is 9.50. The standard InChI is InChI=1S/C30H47N9O9/c1-4-16(2)24(29(46)39-10-6-7-21(39)26(43)36-20(14-40)30(47)48)37-27(44)22-8-5-9-38(22)28(45)17(3)34-25(42)19(35-23(41)12-31)11-18-13-32-15-33-18/h13,15-17,19-22,24,40H,4-12,14,31H2,1-3H3,(H,32,33)(H,34,42)(H,35,41)(H,36,43)(H,37,44)(H,47,48)/t16-,17-,19-,20-,21-,22-,24-/m0/s1. The molecule has 0 aliphatic carbocycles. The van der Waals surface area contributed by atoms with Crippen molar-refractivity contribution in [2.45, 2.75) is 95.5 Å². The first-order chi connectivity index (χ1) is 22.8. The molecule has 3 rings (SSSR count). The SMILES string of the molecule is CC[C@H](C)[C@H](NC(=O)[C@@H]1CCCN1C(=O)[C@H](C)NC(=O)[C@H](Cc1cnc[nH]1)NC(=O)CN)C(=O)N1CCC[C@H]1C(=O)N[C@@H](CO)C(=O)O. The zero-order valence-electron chi connectivity index (χ0n) is 27.4. The predicted octanol–water partition coefficient (Wildman–Crippen LogP) is -3.02. The van der Waals surface area contributed by atoms with Gasteiger partial charge in [0.1, 0.15) is 36.3 Å². The summed E-state index contributed by atoms with van der Waals surface area (Å²) in [5.74, 6) is -5.26. The zero-order valence-corrected chi connectivity index (χ0v) is 27.4. The van der Waals surface area contributed by atoms with Crippen LogP contribution < -0.4 is 27.0 Å². The Kier molecular flexibility index (Phi) is 13.8. The summed E-state index contributed by atoms with van der Waals surface area (Å²) >= 11 is 0. The highest BCUT2D eigenvalue weighted by molar-refractivity contribution is 5.97. The fourth-order valence-corrected chi connectivity index (χ4v) is 5.87. The summed E-state index contributed by atoms with van der Waals surface area (Å²) in [7, 11) is 0. The maximum Gasteiger partial charge on any atom is 0.328 e. The molecule has 2 fully saturated rings. The number of carboxylic acids is 1. The number of carboxylic acid groups (broad SMARTS) is 1. The van der Waals surface area contributed by atoms with Crippen molar-refractivity contribution in [2.75, 3.05) is 26.2 Å². The molecule has 48 heavy (non-hydrogen) atoms. The van der Waals surface area contributed by atoms with Gasteiger partial charge in [0.05, 0.1) is 19.5 Å². The highest BCUT2D eigenvalue weighted by Crippen LogP contribution is 2.23. The molecule has 9 N–H and O–H groups in total. The first-order valence-corrected chi connectivity index (χ1v) is 16.1. The minimum atomic E-state index is -1.52. The summed E-state index contributed by atoms with van der Waals surface area (Å²) in [6.07, 6.45) is 5.09. The second-order valence-electron chi connectivity index (χ2n) is 12.2. The van der Waals surface area contributed by atoms with E-state index in [1.54, 1.807) is 6.92 Å². The van der Waals surface area contributed by atoms with E-state index in [0.29, 0.717) is 31.4 Å². The molecule has 266 valence electrons. The molecule has 2 aliphatic rings. The number of hydrogen-bond donors (Lipinski definition) is 8. The molecule has 3 heterocycles. The van der Waals surface area contributed by atoms with Crippen molar-refractivity contribution < 1.29 is 43.8 Å². The fourth-order valence-electron chi connectivity index (χ4n) is 5.87. The van der Waals surface area contributed by atoms with Crippen LogP contribution in [0.15, 0.2) is 12.5 Å². The Labute approximate surface area is 277 Å². The third-order valence-electron chi connectivity index (χ3n) is 8.80. The van der Waals surface area contributed by atoms with Crippen LogP contribution >= 0.6 is 0 Å². The lowest BCUT2D eigenvalue weighted by atomic mass is 9.96. The number of imidazole rings is 1. The number of hydrogen-bond acceptors (Lipinski definition) is 10. The summed E-state index contributed by atoms with van der Waals surface area (Å²) in [5.41, 5.74) is 5.98. The number of amides is 6. The Morgan fingerprint density at radius 2 is 1.54 bits per heavy atom. The van der Waals surface area contributed by atoms with E-state index in [9.17, 15) is 43.8 Å². The van der Waals surface area contributed by atoms with Crippen LogP contribution in [0.25, 0.3) is 0 Å². The van der Waals surface area contributed by atoms with E-state index in [1.165, 1.54) is 29.2 Å². The minimum Gasteiger partial charge on any atom is -0.480 e. The lowest BCUT2D eigenvalue weighted by Gasteiger charge is -2.33. The largest absolute Gasteiger partial charge is 0.480 e. The molecule has 1 aromatic heterocycles. The number of aromatic amines is 1. The van der Waals surface area contributed by atoms with Gasteiger partial charge in [0.15, 0.2) is 0 Å². The van der Waals surface area contributed by atoms with Crippen molar-refractivity contribution in [3.05, 3.63) is 18.2 Å². The maximum absolute atomic E-state index is 13.8. The van der Waals surface area contributed by atoms with Crippen molar-refractivity contribution >= 4 is 41.4 Å². The smallest absolute Gasteiger partial charge is 0.328 e. The molecule has 1 aromatic rings. The Morgan fingerprint density at radius 1 is 0.938 bits per heavy atom. The van der Waals surface area contributed by atoms with Crippen molar-refractivity contribution in [2.24, 2.45) is 11.7 Å². The van der Waals surface area contributed by atoms with E-state index < -0.39 is 84.3 Å². The van der Waals surface area contributed by atoms with Crippen LogP contribution in [0, 0.1) is 5.92 Å². The average molecular weight is 678 g/mol. The second kappa shape index (κ2) is 17.5. The van der Waals surface area contributed by atoms with E-state index in [4.69, 9.17) is 5.73 Å². The highest BCUT2D eigenvalue weighted by Gasteiger charge is 2.43. The van der Waals surface area contributed by atoms with Crippen LogP contribution in [0.5, 0.6) is 0 Å². The number of H-pyrrole nitrogens is 1. The van der Waals surface area contributed by atoms with E-state index >= 15 is 0 Å². The first-order valence-electron chi connectivity index (χ1n) is 16.1. The van der Waals surface area contributed by atoms with Crippen molar-refractivity contribution in [3.63, 3.8) is 0 Å². The second-order valence-corrected chi connectivity index (χ2v) is 12.2. The number of rotatable bonds is 16. The number of nitrogens with one attached hydrogen (secondary N) is 5. The molecule has 6 amide bonds. The number of likely N-dealkylation sites (tertiary alicyclic amines) is 2. The van der Waals surface area contributed by atoms with Crippen LogP contribution in [0.3, 0.4) is 0 Å². The van der Waals surface area contributed by atoms with E-state index in [2.05, 4.69) is 31.2 Å². The lowest BCUT2D eigenvalue weighted by Crippen LogP contribution is -2.60. The van der Waals surface area contributed by atoms with E-state index in [0.717, 1.165) is 0 Å². The maximum atomic E-state index is 13.8. The number of aliphatic hydroxyl groups excluding tert-OH is 1. The Hall–Kier alpha value is -4.58. The van der Waals surface area contributed by atoms with Crippen molar-refractivity contribution in [3.8, 4) is 0 Å². The van der Waals surface area contributed by atoms with Gasteiger partial charge in [0.2, 0.25) is 35.4 Å². The number of aliphatic hydroxyl groups is 1. The third-order valence-corrected chi connectivity index (χ3v) is 8.80. The van der Waals surface area contributed by atoms with Gasteiger partial charge in [0, 0.05) is 31.4 Å². The molecule has 2 aliphatic heterocycles. The molecular formula is C30H47N9O9. The number of aromatic nitrogens is 2. The molecule has 18 nitrogen and oxygen atoms in total. The van der Waals surface area contributed by atoms with Crippen LogP contribution in [0.2, 0.25) is 0 Å². The average Bonchev–Trinajstić information content (AvgIpc) is 3.86. The van der Waals surface area contributed by atoms with Crippen molar-refractivity contribution in [1.82, 2.24) is 41.0 Å². The monoisotopic (exact) mass is 677 g/mol. The summed E-state index contributed by atoms with van der Waals surface area (Å²) in [6.45, 7) is 4.39. The summed E-state index contributed by atoms with van der Waals surface area (Å²) in [4.78, 5) is 99.8. The molecule has 0 spiro atoms. The molecule has 0 bridgehead atoms. The number of nitrogens with zero attached hydrogens (tertiary/aromatic N) is 3. The van der Waals surface area contributed by atoms with Crippen LogP contribution in [-0.2, 0) is 40.0 Å². The number of carbonyl (C=O) groups excluding carboxylic acids is 6. The fraction of sp³-hybridized carbons (Fsp3) is 0.667. The molecular weight excluding hydrogens is 630 g/mol. The van der Waals surface area contributed by atoms with E-state index in [1.807, 2.05) is 6.92 Å². The number of nitrogens with two attached hydrogens (primary N) is 1. The van der Waals surface area contributed by atoms with Gasteiger partial charge in [-0.15, -0.1) is 0 Å². The normalized spacial score (nSPS) is 20.6. The summed E-state index contributed by atoms with van der Waals surface area (Å²) < 4.78 is 0. The zero-order chi connectivity index (χ0) is 35.5. The molecule has 0 aromatic carbocycles. The van der Waals surface area contributed by atoms with Gasteiger partial charge in [0.25, 0.3) is 0 Å². The summed E-state index contributed by atoms with van der Waals surface area (Å²) in [6, 6.07) is -6.57. The van der Waals surface area contributed by atoms with Gasteiger partial charge in [-0.25, -0.2) is 9.78 Å². The van der Waals surface area contributed by atoms with Gasteiger partial charge >= 0.3 is 5.97 Å². The molecule has 0 radical (unpaired) electrons. The van der Waals surface area contributed by atoms with Gasteiger partial charge in [-0.05, 0) is 38.5 Å². The van der Waals surface area contributed by atoms with Crippen LogP contribution in [0.4, 0.5) is 0 Å². The topological polar surface area (TPSA) is 269 Å². The molecule has 0 unspecified atom stereocenters. The number of aliphatic carboxylic acids is 1. The first kappa shape index (κ1) is 37.9. The molecule has 7 atom stereocenters. The predicted molar refractivity (Wildman–Crippen MR) is 168 cm³/mol. The summed E-state index contributed by atoms with van der Waals surface area (Å²) in [5, 5.41) is 28.7. The van der Waals surface area contributed by atoms with Crippen LogP contribution in [-0.4, -0.2) is 134 Å². The van der Waals surface area contributed by atoms with Gasteiger partial charge in [-0.3, -0.25) is 28.8 Å². The minimum absolute atomic E-state index is 0.0688. The van der Waals surface area contributed by atoms with Gasteiger partial charge < -0.3 is 52.0 Å². The highest BCUT2D eigenvalue weighted by atomic mass is 16.4.